The highest BCUT2D eigenvalue weighted by Crippen LogP contribution is 2.40. The number of rotatable bonds is 2. The van der Waals surface area contributed by atoms with Crippen LogP contribution in [0.3, 0.4) is 0 Å². The lowest BCUT2D eigenvalue weighted by Crippen LogP contribution is -2.50. The quantitative estimate of drug-likeness (QED) is 0.841. The summed E-state index contributed by atoms with van der Waals surface area (Å²) in [6, 6.07) is 13.7. The van der Waals surface area contributed by atoms with Crippen LogP contribution < -0.4 is 5.32 Å². The molecule has 2 nitrogen and oxygen atoms in total. The van der Waals surface area contributed by atoms with E-state index in [9.17, 15) is 0 Å². The van der Waals surface area contributed by atoms with Gasteiger partial charge in [0, 0.05) is 17.5 Å². The van der Waals surface area contributed by atoms with Gasteiger partial charge in [0.25, 0.3) is 0 Å². The first kappa shape index (κ1) is 10.8. The van der Waals surface area contributed by atoms with Crippen LogP contribution in [0.5, 0.6) is 0 Å². The van der Waals surface area contributed by atoms with Gasteiger partial charge in [-0.15, -0.1) is 0 Å². The smallest absolute Gasteiger partial charge is 0.0657 e. The minimum Gasteiger partial charge on any atom is -0.308 e. The van der Waals surface area contributed by atoms with Crippen molar-refractivity contribution in [2.45, 2.75) is 43.7 Å². The number of hydrogen-bond donors (Lipinski definition) is 1. The van der Waals surface area contributed by atoms with Crippen LogP contribution in [0.25, 0.3) is 0 Å². The van der Waals surface area contributed by atoms with E-state index in [1.165, 1.54) is 18.4 Å². The van der Waals surface area contributed by atoms with Crippen molar-refractivity contribution >= 4 is 0 Å². The van der Waals surface area contributed by atoms with Crippen molar-refractivity contribution in [1.29, 1.82) is 5.26 Å². The maximum absolute atomic E-state index is 9.16. The van der Waals surface area contributed by atoms with Crippen LogP contribution in [0.2, 0.25) is 0 Å². The molecule has 2 aliphatic rings. The van der Waals surface area contributed by atoms with Crippen molar-refractivity contribution in [2.24, 2.45) is 5.92 Å². The molecule has 2 heterocycles. The highest BCUT2D eigenvalue weighted by Gasteiger charge is 2.44. The Bertz CT molecular complexity index is 434. The lowest BCUT2D eigenvalue weighted by molar-refractivity contribution is 0.238. The summed E-state index contributed by atoms with van der Waals surface area (Å²) >= 11 is 0. The molecule has 88 valence electrons. The molecule has 3 unspecified atom stereocenters. The van der Waals surface area contributed by atoms with Crippen LogP contribution in [-0.4, -0.2) is 11.6 Å². The number of nitrogens with one attached hydrogen (secondary N) is 1. The highest BCUT2D eigenvalue weighted by atomic mass is 15.1. The largest absolute Gasteiger partial charge is 0.308 e. The second-order valence-electron chi connectivity index (χ2n) is 5.59. The first-order valence-electron chi connectivity index (χ1n) is 6.51. The number of benzene rings is 1. The summed E-state index contributed by atoms with van der Waals surface area (Å²) in [6.07, 6.45) is 5.61. The molecule has 0 saturated carbocycles. The Labute approximate surface area is 103 Å². The van der Waals surface area contributed by atoms with Crippen LogP contribution in [-0.2, 0) is 6.42 Å². The van der Waals surface area contributed by atoms with Crippen molar-refractivity contribution < 1.29 is 0 Å². The Kier molecular flexibility index (Phi) is 2.64. The monoisotopic (exact) mass is 226 g/mol. The van der Waals surface area contributed by atoms with Crippen molar-refractivity contribution in [3.8, 4) is 6.07 Å². The Balaban J connectivity index is 1.80. The summed E-state index contributed by atoms with van der Waals surface area (Å²) in [7, 11) is 0. The molecule has 1 aromatic rings. The minimum atomic E-state index is 0.199. The van der Waals surface area contributed by atoms with E-state index in [1.54, 1.807) is 0 Å². The van der Waals surface area contributed by atoms with Gasteiger partial charge in [0.15, 0.2) is 0 Å². The topological polar surface area (TPSA) is 35.8 Å². The molecule has 0 radical (unpaired) electrons. The van der Waals surface area contributed by atoms with Gasteiger partial charge in [-0.05, 0) is 37.7 Å². The molecule has 1 N–H and O–H groups in total. The number of nitriles is 1. The fourth-order valence-electron chi connectivity index (χ4n) is 3.56. The van der Waals surface area contributed by atoms with Crippen molar-refractivity contribution in [3.05, 3.63) is 35.9 Å². The molecule has 17 heavy (non-hydrogen) atoms. The van der Waals surface area contributed by atoms with E-state index in [1.807, 2.05) is 0 Å². The zero-order chi connectivity index (χ0) is 11.7. The standard InChI is InChI=1S/C15H18N2/c16-11-13-8-14-6-7-15(10-13,17-14)9-12-4-2-1-3-5-12/h1-5,13-14,17H,6-10H2. The van der Waals surface area contributed by atoms with Gasteiger partial charge in [-0.25, -0.2) is 0 Å². The van der Waals surface area contributed by atoms with Gasteiger partial charge in [0.1, 0.15) is 0 Å². The first-order chi connectivity index (χ1) is 8.30. The zero-order valence-electron chi connectivity index (χ0n) is 10.0. The number of piperidine rings is 1. The molecule has 0 spiro atoms. The van der Waals surface area contributed by atoms with E-state index in [2.05, 4.69) is 41.7 Å². The van der Waals surface area contributed by atoms with E-state index in [0.29, 0.717) is 6.04 Å². The number of hydrogen-bond acceptors (Lipinski definition) is 2. The predicted octanol–water partition coefficient (Wildman–Crippen LogP) is 2.65. The Morgan fingerprint density at radius 2 is 2.18 bits per heavy atom. The van der Waals surface area contributed by atoms with Crippen LogP contribution >= 0.6 is 0 Å². The molecule has 0 aliphatic carbocycles. The minimum absolute atomic E-state index is 0.199. The Morgan fingerprint density at radius 3 is 2.94 bits per heavy atom. The van der Waals surface area contributed by atoms with Gasteiger partial charge in [-0.1, -0.05) is 30.3 Å². The third-order valence-electron chi connectivity index (χ3n) is 4.26. The van der Waals surface area contributed by atoms with Gasteiger partial charge in [-0.3, -0.25) is 0 Å². The van der Waals surface area contributed by atoms with Gasteiger partial charge < -0.3 is 5.32 Å². The number of fused-ring (bicyclic) bond motifs is 2. The van der Waals surface area contributed by atoms with Gasteiger partial charge >= 0.3 is 0 Å². The molecule has 0 aromatic heterocycles. The normalized spacial score (nSPS) is 35.5. The van der Waals surface area contributed by atoms with Crippen molar-refractivity contribution in [3.63, 3.8) is 0 Å². The second kappa shape index (κ2) is 4.16. The van der Waals surface area contributed by atoms with E-state index in [4.69, 9.17) is 5.26 Å². The molecule has 2 fully saturated rings. The summed E-state index contributed by atoms with van der Waals surface area (Å²) in [4.78, 5) is 0. The summed E-state index contributed by atoms with van der Waals surface area (Å²) in [5, 5.41) is 12.9. The zero-order valence-corrected chi connectivity index (χ0v) is 10.0. The molecule has 2 heteroatoms. The summed E-state index contributed by atoms with van der Waals surface area (Å²) in [5.41, 5.74) is 1.59. The predicted molar refractivity (Wildman–Crippen MR) is 67.4 cm³/mol. The molecular formula is C15H18N2. The molecule has 2 aliphatic heterocycles. The van der Waals surface area contributed by atoms with Gasteiger partial charge in [0.05, 0.1) is 6.07 Å². The average Bonchev–Trinajstić information content (AvgIpc) is 2.65. The molecule has 3 atom stereocenters. The number of nitrogens with zero attached hydrogens (tertiary/aromatic N) is 1. The molecule has 2 bridgehead atoms. The maximum Gasteiger partial charge on any atom is 0.0657 e. The Morgan fingerprint density at radius 1 is 1.35 bits per heavy atom. The summed E-state index contributed by atoms with van der Waals surface area (Å²) in [5.74, 6) is 0.257. The molecule has 3 rings (SSSR count). The Hall–Kier alpha value is -1.33. The SMILES string of the molecule is N#CC1CC2CCC(Cc3ccccc3)(C1)N2. The average molecular weight is 226 g/mol. The maximum atomic E-state index is 9.16. The van der Waals surface area contributed by atoms with E-state index in [0.717, 1.165) is 19.3 Å². The summed E-state index contributed by atoms with van der Waals surface area (Å²) < 4.78 is 0. The lowest BCUT2D eigenvalue weighted by atomic mass is 9.80. The highest BCUT2D eigenvalue weighted by molar-refractivity contribution is 5.21. The third kappa shape index (κ3) is 2.08. The molecule has 1 aromatic carbocycles. The van der Waals surface area contributed by atoms with Crippen LogP contribution in [0.4, 0.5) is 0 Å². The van der Waals surface area contributed by atoms with E-state index in [-0.39, 0.29) is 11.5 Å². The van der Waals surface area contributed by atoms with Gasteiger partial charge in [-0.2, -0.15) is 5.26 Å². The second-order valence-corrected chi connectivity index (χ2v) is 5.59. The first-order valence-corrected chi connectivity index (χ1v) is 6.51. The van der Waals surface area contributed by atoms with Crippen LogP contribution in [0.1, 0.15) is 31.2 Å². The van der Waals surface area contributed by atoms with Crippen LogP contribution in [0, 0.1) is 17.2 Å². The fraction of sp³-hybridized carbons (Fsp3) is 0.533. The van der Waals surface area contributed by atoms with Crippen LogP contribution in [0.15, 0.2) is 30.3 Å². The van der Waals surface area contributed by atoms with Crippen molar-refractivity contribution in [2.75, 3.05) is 0 Å². The van der Waals surface area contributed by atoms with Crippen molar-refractivity contribution in [1.82, 2.24) is 5.32 Å². The lowest BCUT2D eigenvalue weighted by Gasteiger charge is -2.37. The van der Waals surface area contributed by atoms with Gasteiger partial charge in [0.2, 0.25) is 0 Å². The molecular weight excluding hydrogens is 208 g/mol. The van der Waals surface area contributed by atoms with E-state index < -0.39 is 0 Å². The molecule has 0 amide bonds. The molecule has 2 saturated heterocycles. The summed E-state index contributed by atoms with van der Waals surface area (Å²) in [6.45, 7) is 0. The fourth-order valence-corrected chi connectivity index (χ4v) is 3.56. The van der Waals surface area contributed by atoms with E-state index >= 15 is 0 Å². The third-order valence-corrected chi connectivity index (χ3v) is 4.26.